The summed E-state index contributed by atoms with van der Waals surface area (Å²) in [7, 11) is 0. The number of aromatic nitrogens is 4. The Labute approximate surface area is 200 Å². The number of rotatable bonds is 7. The first kappa shape index (κ1) is 22.7. The van der Waals surface area contributed by atoms with Crippen LogP contribution in [0.3, 0.4) is 0 Å². The lowest BCUT2D eigenvalue weighted by molar-refractivity contribution is -0.113. The molecule has 33 heavy (non-hydrogen) atoms. The van der Waals surface area contributed by atoms with Crippen molar-refractivity contribution in [2.24, 2.45) is 0 Å². The maximum atomic E-state index is 12.6. The normalized spacial score (nSPS) is 10.8. The van der Waals surface area contributed by atoms with Crippen LogP contribution >= 0.6 is 23.4 Å². The van der Waals surface area contributed by atoms with Crippen molar-refractivity contribution in [3.63, 3.8) is 0 Å². The van der Waals surface area contributed by atoms with Gasteiger partial charge in [-0.15, -0.1) is 10.2 Å². The van der Waals surface area contributed by atoms with E-state index in [0.717, 1.165) is 16.8 Å². The number of pyridine rings is 1. The minimum Gasteiger partial charge on any atom is -0.325 e. The molecule has 0 fully saturated rings. The highest BCUT2D eigenvalue weighted by Crippen LogP contribution is 2.31. The molecule has 2 aromatic heterocycles. The number of benzene rings is 2. The third-order valence-electron chi connectivity index (χ3n) is 4.96. The fourth-order valence-electron chi connectivity index (χ4n) is 3.22. The van der Waals surface area contributed by atoms with E-state index in [2.05, 4.69) is 20.5 Å². The monoisotopic (exact) mass is 477 g/mol. The van der Waals surface area contributed by atoms with Crippen molar-refractivity contribution in [2.75, 3.05) is 11.1 Å². The molecular weight excluding hydrogens is 458 g/mol. The first-order chi connectivity index (χ1) is 15.9. The Bertz CT molecular complexity index is 1310. The Kier molecular flexibility index (Phi) is 6.86. The van der Waals surface area contributed by atoms with Gasteiger partial charge in [0.15, 0.2) is 16.8 Å². The maximum absolute atomic E-state index is 12.6. The number of thioether (sulfide) groups is 1. The predicted molar refractivity (Wildman–Crippen MR) is 130 cm³/mol. The average Bonchev–Trinajstić information content (AvgIpc) is 3.24. The van der Waals surface area contributed by atoms with Crippen LogP contribution < -0.4 is 5.32 Å². The first-order valence-electron chi connectivity index (χ1n) is 10.1. The average molecular weight is 478 g/mol. The van der Waals surface area contributed by atoms with E-state index in [4.69, 9.17) is 11.6 Å². The van der Waals surface area contributed by atoms with Crippen LogP contribution in [0.4, 0.5) is 5.69 Å². The van der Waals surface area contributed by atoms with Crippen LogP contribution in [0.2, 0.25) is 5.02 Å². The van der Waals surface area contributed by atoms with E-state index in [1.807, 2.05) is 41.8 Å². The minimum atomic E-state index is -0.196. The van der Waals surface area contributed by atoms with Gasteiger partial charge in [-0.05, 0) is 67.9 Å². The zero-order chi connectivity index (χ0) is 23.4. The Hall–Kier alpha value is -3.49. The maximum Gasteiger partial charge on any atom is 0.234 e. The first-order valence-corrected chi connectivity index (χ1v) is 11.5. The second-order valence-electron chi connectivity index (χ2n) is 7.23. The molecule has 0 radical (unpaired) electrons. The molecule has 0 aliphatic rings. The van der Waals surface area contributed by atoms with Gasteiger partial charge in [-0.2, -0.15) is 0 Å². The number of nitrogens with zero attached hydrogens (tertiary/aromatic N) is 4. The Morgan fingerprint density at radius 1 is 1.03 bits per heavy atom. The molecule has 4 aromatic rings. The molecule has 0 unspecified atom stereocenters. The molecule has 1 N–H and O–H groups in total. The highest BCUT2D eigenvalue weighted by molar-refractivity contribution is 7.99. The summed E-state index contributed by atoms with van der Waals surface area (Å²) in [5, 5.41) is 12.8. The van der Waals surface area contributed by atoms with Crippen LogP contribution in [0.1, 0.15) is 22.8 Å². The lowest BCUT2D eigenvalue weighted by Gasteiger charge is -2.14. The summed E-state index contributed by atoms with van der Waals surface area (Å²) in [6.07, 6.45) is 3.38. The molecule has 0 bridgehead atoms. The lowest BCUT2D eigenvalue weighted by Crippen LogP contribution is -2.14. The van der Waals surface area contributed by atoms with Crippen LogP contribution in [-0.2, 0) is 4.79 Å². The van der Waals surface area contributed by atoms with Crippen molar-refractivity contribution in [2.45, 2.75) is 19.0 Å². The second kappa shape index (κ2) is 9.97. The fourth-order valence-corrected chi connectivity index (χ4v) is 4.14. The van der Waals surface area contributed by atoms with Gasteiger partial charge in [0.2, 0.25) is 5.91 Å². The summed E-state index contributed by atoms with van der Waals surface area (Å²) >= 11 is 7.65. The number of Topliss-reactive ketones (excluding diaryl/α,β-unsaturated/α-hetero) is 1. The highest BCUT2D eigenvalue weighted by atomic mass is 35.5. The largest absolute Gasteiger partial charge is 0.325 e. The Balaban J connectivity index is 1.59. The van der Waals surface area contributed by atoms with Crippen molar-refractivity contribution >= 4 is 40.7 Å². The van der Waals surface area contributed by atoms with E-state index in [1.54, 1.807) is 36.7 Å². The standard InChI is InChI=1S/C24H20ClN5O2S/c1-15-20(25)4-3-5-21(15)30-23(18-10-12-26-13-11-18)28-29-24(30)33-14-22(32)27-19-8-6-17(7-9-19)16(2)31/h3-13H,14H2,1-2H3,(H,27,32). The van der Waals surface area contributed by atoms with Gasteiger partial charge in [0, 0.05) is 34.2 Å². The molecule has 0 saturated heterocycles. The van der Waals surface area contributed by atoms with E-state index in [-0.39, 0.29) is 17.4 Å². The number of nitrogens with one attached hydrogen (secondary N) is 1. The molecule has 166 valence electrons. The molecule has 4 rings (SSSR count). The van der Waals surface area contributed by atoms with Gasteiger partial charge in [-0.25, -0.2) is 0 Å². The van der Waals surface area contributed by atoms with E-state index >= 15 is 0 Å². The number of carbonyl (C=O) groups is 2. The van der Waals surface area contributed by atoms with Gasteiger partial charge in [-0.1, -0.05) is 29.4 Å². The van der Waals surface area contributed by atoms with Crippen LogP contribution in [0, 0.1) is 6.92 Å². The molecule has 7 nitrogen and oxygen atoms in total. The molecule has 0 spiro atoms. The van der Waals surface area contributed by atoms with Crippen LogP contribution in [0.25, 0.3) is 17.1 Å². The van der Waals surface area contributed by atoms with Crippen molar-refractivity contribution in [1.29, 1.82) is 0 Å². The van der Waals surface area contributed by atoms with Crippen LogP contribution in [-0.4, -0.2) is 37.2 Å². The van der Waals surface area contributed by atoms with Crippen molar-refractivity contribution < 1.29 is 9.59 Å². The Morgan fingerprint density at radius 3 is 2.45 bits per heavy atom. The number of anilines is 1. The lowest BCUT2D eigenvalue weighted by atomic mass is 10.1. The molecule has 9 heteroatoms. The molecule has 2 aromatic carbocycles. The zero-order valence-electron chi connectivity index (χ0n) is 17.9. The minimum absolute atomic E-state index is 0.0240. The molecule has 0 atom stereocenters. The van der Waals surface area contributed by atoms with Crippen molar-refractivity contribution in [3.8, 4) is 17.1 Å². The SMILES string of the molecule is CC(=O)c1ccc(NC(=O)CSc2nnc(-c3ccncc3)n2-c2cccc(Cl)c2C)cc1. The number of hydrogen-bond acceptors (Lipinski definition) is 6. The molecule has 1 amide bonds. The fraction of sp³-hybridized carbons (Fsp3) is 0.125. The molecule has 0 saturated carbocycles. The topological polar surface area (TPSA) is 89.8 Å². The zero-order valence-corrected chi connectivity index (χ0v) is 19.5. The molecular formula is C24H20ClN5O2S. The van der Waals surface area contributed by atoms with Crippen LogP contribution in [0.15, 0.2) is 72.1 Å². The summed E-state index contributed by atoms with van der Waals surface area (Å²) in [5.74, 6) is 0.538. The van der Waals surface area contributed by atoms with Gasteiger partial charge in [0.25, 0.3) is 0 Å². The predicted octanol–water partition coefficient (Wildman–Crippen LogP) is 5.22. The van der Waals surface area contributed by atoms with Crippen molar-refractivity contribution in [1.82, 2.24) is 19.7 Å². The van der Waals surface area contributed by atoms with Gasteiger partial charge in [0.05, 0.1) is 11.4 Å². The Morgan fingerprint density at radius 2 is 1.76 bits per heavy atom. The summed E-state index contributed by atoms with van der Waals surface area (Å²) < 4.78 is 1.90. The van der Waals surface area contributed by atoms with E-state index in [0.29, 0.717) is 27.3 Å². The van der Waals surface area contributed by atoms with Gasteiger partial charge < -0.3 is 5.32 Å². The smallest absolute Gasteiger partial charge is 0.234 e. The number of carbonyl (C=O) groups excluding carboxylic acids is 2. The van der Waals surface area contributed by atoms with E-state index < -0.39 is 0 Å². The van der Waals surface area contributed by atoms with Gasteiger partial charge in [-0.3, -0.25) is 19.1 Å². The third kappa shape index (κ3) is 5.13. The number of amides is 1. The van der Waals surface area contributed by atoms with Crippen LogP contribution in [0.5, 0.6) is 0 Å². The highest BCUT2D eigenvalue weighted by Gasteiger charge is 2.19. The molecule has 0 aliphatic heterocycles. The van der Waals surface area contributed by atoms with Crippen molar-refractivity contribution in [3.05, 3.63) is 83.1 Å². The summed E-state index contributed by atoms with van der Waals surface area (Å²) in [6.45, 7) is 3.43. The summed E-state index contributed by atoms with van der Waals surface area (Å²) in [5.41, 5.74) is 3.78. The van der Waals surface area contributed by atoms with Gasteiger partial charge in [0.1, 0.15) is 0 Å². The third-order valence-corrected chi connectivity index (χ3v) is 6.30. The molecule has 0 aliphatic carbocycles. The number of hydrogen-bond donors (Lipinski definition) is 1. The van der Waals surface area contributed by atoms with E-state index in [1.165, 1.54) is 18.7 Å². The second-order valence-corrected chi connectivity index (χ2v) is 8.58. The number of ketones is 1. The summed E-state index contributed by atoms with van der Waals surface area (Å²) in [4.78, 5) is 28.1. The summed E-state index contributed by atoms with van der Waals surface area (Å²) in [6, 6.07) is 16.1. The number of halogens is 1. The van der Waals surface area contributed by atoms with Gasteiger partial charge >= 0.3 is 0 Å². The molecule has 2 heterocycles. The quantitative estimate of drug-likeness (QED) is 0.290. The van der Waals surface area contributed by atoms with E-state index in [9.17, 15) is 9.59 Å².